The lowest BCUT2D eigenvalue weighted by molar-refractivity contribution is 0.132. The Hall–Kier alpha value is -3.78. The first-order chi connectivity index (χ1) is 17.1. The van der Waals surface area contributed by atoms with Gasteiger partial charge >= 0.3 is 6.09 Å². The Morgan fingerprint density at radius 3 is 2.74 bits per heavy atom. The van der Waals surface area contributed by atoms with Gasteiger partial charge in [0.2, 0.25) is 5.95 Å². The van der Waals surface area contributed by atoms with Crippen molar-refractivity contribution in [1.82, 2.24) is 20.3 Å². The Bertz CT molecular complexity index is 1330. The molecular weight excluding hydrogens is 466 g/mol. The lowest BCUT2D eigenvalue weighted by atomic mass is 9.91. The number of carbonyl (C=O) groups is 1. The van der Waals surface area contributed by atoms with Crippen LogP contribution >= 0.6 is 11.6 Å². The average Bonchev–Trinajstić information content (AvgIpc) is 3.20. The van der Waals surface area contributed by atoms with Crippen molar-refractivity contribution in [1.29, 1.82) is 0 Å². The molecule has 0 saturated heterocycles. The van der Waals surface area contributed by atoms with Gasteiger partial charge in [0, 0.05) is 23.0 Å². The minimum absolute atomic E-state index is 0.00560. The van der Waals surface area contributed by atoms with Crippen LogP contribution in [0.2, 0.25) is 5.02 Å². The lowest BCUT2D eigenvalue weighted by Gasteiger charge is -2.30. The van der Waals surface area contributed by atoms with Gasteiger partial charge in [-0.3, -0.25) is 0 Å². The first-order valence-corrected chi connectivity index (χ1v) is 12.0. The molecule has 1 amide bonds. The van der Waals surface area contributed by atoms with Crippen LogP contribution in [0.25, 0.3) is 22.2 Å². The van der Waals surface area contributed by atoms with Crippen LogP contribution in [0.4, 0.5) is 10.7 Å². The van der Waals surface area contributed by atoms with Gasteiger partial charge in [-0.15, -0.1) is 0 Å². The van der Waals surface area contributed by atoms with Crippen LogP contribution in [0.3, 0.4) is 0 Å². The maximum absolute atomic E-state index is 12.3. The highest BCUT2D eigenvalue weighted by Gasteiger charge is 2.25. The summed E-state index contributed by atoms with van der Waals surface area (Å²) >= 11 is 6.42. The topological polar surface area (TPSA) is 112 Å². The number of hydrogen-bond donors (Lipinski definition) is 4. The van der Waals surface area contributed by atoms with Crippen molar-refractivity contribution in [2.45, 2.75) is 44.4 Å². The summed E-state index contributed by atoms with van der Waals surface area (Å²) in [6.07, 6.45) is 4.60. The predicted molar refractivity (Wildman–Crippen MR) is 135 cm³/mol. The zero-order valence-electron chi connectivity index (χ0n) is 19.0. The van der Waals surface area contributed by atoms with Crippen molar-refractivity contribution in [3.8, 4) is 17.1 Å². The Labute approximate surface area is 207 Å². The van der Waals surface area contributed by atoms with Crippen molar-refractivity contribution in [3.05, 3.63) is 71.4 Å². The first kappa shape index (κ1) is 23.0. The standard InChI is InChI=1S/C26H26ClN5O3/c27-20-14-28-25(32-23(20)22-19-11-4-5-12-21(19)31-24(22)33)29-17-9-6-10-18(13-17)30-26(34)35-15-16-7-2-1-3-8-16/h1-5,7-8,11-12,14,17-18,31,33H,6,9-10,13,15H2,(H,30,34)(H,28,29,32). The van der Waals surface area contributed by atoms with E-state index in [2.05, 4.69) is 25.6 Å². The zero-order chi connectivity index (χ0) is 24.2. The second kappa shape index (κ2) is 10.2. The molecule has 4 N–H and O–H groups in total. The molecule has 4 aromatic rings. The van der Waals surface area contributed by atoms with Crippen LogP contribution in [0.1, 0.15) is 31.2 Å². The molecule has 0 aliphatic heterocycles. The monoisotopic (exact) mass is 491 g/mol. The summed E-state index contributed by atoms with van der Waals surface area (Å²) < 4.78 is 5.36. The van der Waals surface area contributed by atoms with E-state index in [1.165, 1.54) is 6.20 Å². The number of ether oxygens (including phenoxy) is 1. The Morgan fingerprint density at radius 2 is 1.89 bits per heavy atom. The molecule has 2 aromatic carbocycles. The Morgan fingerprint density at radius 1 is 1.11 bits per heavy atom. The molecular formula is C26H26ClN5O3. The molecule has 2 heterocycles. The summed E-state index contributed by atoms with van der Waals surface area (Å²) in [7, 11) is 0. The number of alkyl carbamates (subject to hydrolysis) is 1. The van der Waals surface area contributed by atoms with Gasteiger partial charge in [0.25, 0.3) is 0 Å². The van der Waals surface area contributed by atoms with Crippen LogP contribution in [-0.2, 0) is 11.3 Å². The number of aromatic nitrogens is 3. The number of nitrogens with zero attached hydrogens (tertiary/aromatic N) is 2. The molecule has 0 spiro atoms. The molecule has 1 fully saturated rings. The van der Waals surface area contributed by atoms with E-state index in [0.29, 0.717) is 22.2 Å². The minimum Gasteiger partial charge on any atom is -0.494 e. The summed E-state index contributed by atoms with van der Waals surface area (Å²) in [5.41, 5.74) is 2.74. The van der Waals surface area contributed by atoms with Crippen LogP contribution in [0.15, 0.2) is 60.8 Å². The number of rotatable bonds is 6. The predicted octanol–water partition coefficient (Wildman–Crippen LogP) is 5.63. The van der Waals surface area contributed by atoms with Gasteiger partial charge in [-0.05, 0) is 37.3 Å². The summed E-state index contributed by atoms with van der Waals surface area (Å²) in [4.78, 5) is 24.2. The molecule has 2 unspecified atom stereocenters. The van der Waals surface area contributed by atoms with Gasteiger partial charge in [0.15, 0.2) is 5.88 Å². The maximum atomic E-state index is 12.3. The number of nitrogens with one attached hydrogen (secondary N) is 3. The van der Waals surface area contributed by atoms with E-state index < -0.39 is 6.09 Å². The lowest BCUT2D eigenvalue weighted by Crippen LogP contribution is -2.42. The fourth-order valence-corrected chi connectivity index (χ4v) is 4.73. The smallest absolute Gasteiger partial charge is 0.407 e. The molecule has 1 aliphatic rings. The molecule has 2 atom stereocenters. The van der Waals surface area contributed by atoms with E-state index >= 15 is 0 Å². The molecule has 1 aliphatic carbocycles. The van der Waals surface area contributed by atoms with Crippen molar-refractivity contribution in [3.63, 3.8) is 0 Å². The van der Waals surface area contributed by atoms with Crippen molar-refractivity contribution in [2.75, 3.05) is 5.32 Å². The molecule has 2 aromatic heterocycles. The quantitative estimate of drug-likeness (QED) is 0.278. The van der Waals surface area contributed by atoms with Gasteiger partial charge in [0.05, 0.1) is 16.8 Å². The second-order valence-electron chi connectivity index (χ2n) is 8.70. The van der Waals surface area contributed by atoms with Crippen LogP contribution in [0, 0.1) is 0 Å². The molecule has 9 heteroatoms. The zero-order valence-corrected chi connectivity index (χ0v) is 19.8. The van der Waals surface area contributed by atoms with Crippen molar-refractivity contribution >= 4 is 34.5 Å². The molecule has 1 saturated carbocycles. The molecule has 8 nitrogen and oxygen atoms in total. The fraction of sp³-hybridized carbons (Fsp3) is 0.269. The Balaban J connectivity index is 1.24. The maximum Gasteiger partial charge on any atom is 0.407 e. The normalized spacial score (nSPS) is 17.7. The first-order valence-electron chi connectivity index (χ1n) is 11.6. The number of carbonyl (C=O) groups excluding carboxylic acids is 1. The Kier molecular flexibility index (Phi) is 6.72. The van der Waals surface area contributed by atoms with Gasteiger partial charge in [0.1, 0.15) is 12.3 Å². The molecule has 5 rings (SSSR count). The number of aromatic amines is 1. The number of benzene rings is 2. The summed E-state index contributed by atoms with van der Waals surface area (Å²) in [5.74, 6) is 0.431. The van der Waals surface area contributed by atoms with Crippen molar-refractivity contribution in [2.24, 2.45) is 0 Å². The molecule has 35 heavy (non-hydrogen) atoms. The number of aromatic hydroxyl groups is 1. The number of halogens is 1. The highest BCUT2D eigenvalue weighted by Crippen LogP contribution is 2.39. The SMILES string of the molecule is O=C(NC1CCCC(Nc2ncc(Cl)c(-c3c(O)[nH]c4ccccc34)n2)C1)OCc1ccccc1. The highest BCUT2D eigenvalue weighted by atomic mass is 35.5. The molecule has 180 valence electrons. The number of amides is 1. The number of fused-ring (bicyclic) bond motifs is 1. The second-order valence-corrected chi connectivity index (χ2v) is 9.10. The van der Waals surface area contributed by atoms with Crippen LogP contribution in [0.5, 0.6) is 5.88 Å². The van der Waals surface area contributed by atoms with E-state index in [9.17, 15) is 9.90 Å². The van der Waals surface area contributed by atoms with Gasteiger partial charge in [-0.2, -0.15) is 0 Å². The number of hydrogen-bond acceptors (Lipinski definition) is 6. The van der Waals surface area contributed by atoms with Gasteiger partial charge < -0.3 is 25.5 Å². The summed E-state index contributed by atoms with van der Waals surface area (Å²) in [5, 5.41) is 18.0. The number of anilines is 1. The summed E-state index contributed by atoms with van der Waals surface area (Å²) in [6.45, 7) is 0.239. The largest absolute Gasteiger partial charge is 0.494 e. The third-order valence-electron chi connectivity index (χ3n) is 6.21. The van der Waals surface area contributed by atoms with Gasteiger partial charge in [-0.1, -0.05) is 60.1 Å². The van der Waals surface area contributed by atoms with Crippen LogP contribution < -0.4 is 10.6 Å². The van der Waals surface area contributed by atoms with Crippen molar-refractivity contribution < 1.29 is 14.6 Å². The minimum atomic E-state index is -0.417. The third-order valence-corrected chi connectivity index (χ3v) is 6.49. The molecule has 0 radical (unpaired) electrons. The fourth-order valence-electron chi connectivity index (χ4n) is 4.55. The van der Waals surface area contributed by atoms with E-state index in [-0.39, 0.29) is 24.6 Å². The third kappa shape index (κ3) is 5.33. The summed E-state index contributed by atoms with van der Waals surface area (Å²) in [6, 6.07) is 17.2. The van der Waals surface area contributed by atoms with Crippen LogP contribution in [-0.4, -0.2) is 38.2 Å². The van der Waals surface area contributed by atoms with E-state index in [0.717, 1.165) is 42.1 Å². The number of para-hydroxylation sites is 1. The molecule has 0 bridgehead atoms. The van der Waals surface area contributed by atoms with E-state index in [4.69, 9.17) is 16.3 Å². The van der Waals surface area contributed by atoms with E-state index in [1.807, 2.05) is 54.6 Å². The number of H-pyrrole nitrogens is 1. The highest BCUT2D eigenvalue weighted by molar-refractivity contribution is 6.33. The van der Waals surface area contributed by atoms with Gasteiger partial charge in [-0.25, -0.2) is 14.8 Å². The van der Waals surface area contributed by atoms with E-state index in [1.54, 1.807) is 0 Å². The average molecular weight is 492 g/mol.